The zero-order valence-electron chi connectivity index (χ0n) is 6.39. The average Bonchev–Trinajstić information content (AvgIpc) is 2.07. The van der Waals surface area contributed by atoms with Gasteiger partial charge in [-0.25, -0.2) is 14.7 Å². The Labute approximate surface area is 68.9 Å². The third-order valence-corrected chi connectivity index (χ3v) is 1.49. The maximum absolute atomic E-state index is 12.6. The summed E-state index contributed by atoms with van der Waals surface area (Å²) in [6, 6.07) is 3.72. The van der Waals surface area contributed by atoms with Gasteiger partial charge in [-0.15, -0.1) is 0 Å². The van der Waals surface area contributed by atoms with Crippen molar-refractivity contribution in [2.75, 3.05) is 6.61 Å². The van der Waals surface area contributed by atoms with Gasteiger partial charge in [0, 0.05) is 0 Å². The van der Waals surface area contributed by atoms with E-state index >= 15 is 0 Å². The molecule has 1 aromatic rings. The number of nitrogens with two attached hydrogens (primary N) is 1. The Morgan fingerprint density at radius 1 is 1.25 bits per heavy atom. The molecule has 2 N–H and O–H groups in total. The quantitative estimate of drug-likeness (QED) is 0.701. The van der Waals surface area contributed by atoms with E-state index in [0.29, 0.717) is 18.6 Å². The lowest BCUT2D eigenvalue weighted by atomic mass is 10.1. The SMILES string of the molecule is NOCCc1ccc(F)c(F)c1. The molecular weight excluding hydrogens is 164 g/mol. The molecule has 12 heavy (non-hydrogen) atoms. The van der Waals surface area contributed by atoms with Crippen LogP contribution in [0.4, 0.5) is 8.78 Å². The Morgan fingerprint density at radius 3 is 2.58 bits per heavy atom. The van der Waals surface area contributed by atoms with Crippen LogP contribution in [0.1, 0.15) is 5.56 Å². The minimum atomic E-state index is -0.843. The van der Waals surface area contributed by atoms with Crippen LogP contribution < -0.4 is 5.90 Å². The van der Waals surface area contributed by atoms with Crippen LogP contribution in [0.5, 0.6) is 0 Å². The van der Waals surface area contributed by atoms with Gasteiger partial charge >= 0.3 is 0 Å². The Morgan fingerprint density at radius 2 is 2.00 bits per heavy atom. The summed E-state index contributed by atoms with van der Waals surface area (Å²) in [5.74, 6) is 3.09. The highest BCUT2D eigenvalue weighted by Crippen LogP contribution is 2.08. The summed E-state index contributed by atoms with van der Waals surface area (Å²) in [5, 5.41) is 0. The van der Waals surface area contributed by atoms with Crippen LogP contribution in [0, 0.1) is 11.6 Å². The highest BCUT2D eigenvalue weighted by atomic mass is 19.2. The van der Waals surface area contributed by atoms with Crippen LogP contribution in [0.2, 0.25) is 0 Å². The molecule has 1 rings (SSSR count). The van der Waals surface area contributed by atoms with E-state index in [1.807, 2.05) is 0 Å². The molecule has 0 spiro atoms. The van der Waals surface area contributed by atoms with Crippen LogP contribution in [0.3, 0.4) is 0 Å². The average molecular weight is 173 g/mol. The molecule has 0 aromatic heterocycles. The summed E-state index contributed by atoms with van der Waals surface area (Å²) in [5.41, 5.74) is 0.666. The van der Waals surface area contributed by atoms with E-state index in [4.69, 9.17) is 5.90 Å². The summed E-state index contributed by atoms with van der Waals surface area (Å²) in [7, 11) is 0. The van der Waals surface area contributed by atoms with Crippen molar-refractivity contribution in [2.45, 2.75) is 6.42 Å². The second kappa shape index (κ2) is 4.13. The lowest BCUT2D eigenvalue weighted by molar-refractivity contribution is 0.141. The van der Waals surface area contributed by atoms with Gasteiger partial charge in [-0.1, -0.05) is 6.07 Å². The smallest absolute Gasteiger partial charge is 0.159 e. The highest BCUT2D eigenvalue weighted by molar-refractivity contribution is 5.17. The van der Waals surface area contributed by atoms with Crippen molar-refractivity contribution in [3.63, 3.8) is 0 Å². The molecular formula is C8H9F2NO. The van der Waals surface area contributed by atoms with Gasteiger partial charge < -0.3 is 4.84 Å². The molecule has 0 saturated heterocycles. The van der Waals surface area contributed by atoms with Crippen molar-refractivity contribution in [3.05, 3.63) is 35.4 Å². The van der Waals surface area contributed by atoms with Crippen LogP contribution in [0.15, 0.2) is 18.2 Å². The molecule has 0 aliphatic carbocycles. The minimum absolute atomic E-state index is 0.297. The van der Waals surface area contributed by atoms with Crippen molar-refractivity contribution < 1.29 is 13.6 Å². The van der Waals surface area contributed by atoms with E-state index in [1.165, 1.54) is 6.07 Å². The Bertz CT molecular complexity index is 265. The minimum Gasteiger partial charge on any atom is -0.304 e. The van der Waals surface area contributed by atoms with Gasteiger partial charge in [0.15, 0.2) is 11.6 Å². The second-order valence-corrected chi connectivity index (χ2v) is 2.37. The third kappa shape index (κ3) is 2.25. The maximum Gasteiger partial charge on any atom is 0.159 e. The standard InChI is InChI=1S/C8H9F2NO/c9-7-2-1-6(3-4-12-11)5-8(7)10/h1-2,5H,3-4,11H2. The molecule has 0 unspecified atom stereocenters. The van der Waals surface area contributed by atoms with E-state index in [2.05, 4.69) is 4.84 Å². The van der Waals surface area contributed by atoms with Gasteiger partial charge in [-0.2, -0.15) is 0 Å². The molecule has 0 heterocycles. The van der Waals surface area contributed by atoms with Crippen molar-refractivity contribution in [3.8, 4) is 0 Å². The van der Waals surface area contributed by atoms with E-state index in [-0.39, 0.29) is 0 Å². The maximum atomic E-state index is 12.6. The van der Waals surface area contributed by atoms with Gasteiger partial charge in [0.2, 0.25) is 0 Å². The lowest BCUT2D eigenvalue weighted by Crippen LogP contribution is -2.04. The summed E-state index contributed by atoms with van der Waals surface area (Å²) < 4.78 is 24.9. The lowest BCUT2D eigenvalue weighted by Gasteiger charge is -1.99. The number of hydrogen-bond acceptors (Lipinski definition) is 2. The van der Waals surface area contributed by atoms with Crippen LogP contribution in [0.25, 0.3) is 0 Å². The van der Waals surface area contributed by atoms with Gasteiger partial charge in [0.1, 0.15) is 0 Å². The fourth-order valence-electron chi connectivity index (χ4n) is 0.872. The van der Waals surface area contributed by atoms with Crippen molar-refractivity contribution in [1.82, 2.24) is 0 Å². The first kappa shape index (κ1) is 9.09. The Balaban J connectivity index is 2.69. The monoisotopic (exact) mass is 173 g/mol. The molecule has 0 saturated carbocycles. The zero-order chi connectivity index (χ0) is 8.97. The van der Waals surface area contributed by atoms with Crippen LogP contribution in [-0.4, -0.2) is 6.61 Å². The van der Waals surface area contributed by atoms with Crippen molar-refractivity contribution in [1.29, 1.82) is 0 Å². The van der Waals surface area contributed by atoms with Crippen molar-refractivity contribution >= 4 is 0 Å². The largest absolute Gasteiger partial charge is 0.304 e. The number of halogens is 2. The van der Waals surface area contributed by atoms with Crippen LogP contribution >= 0.6 is 0 Å². The predicted molar refractivity (Wildman–Crippen MR) is 40.2 cm³/mol. The van der Waals surface area contributed by atoms with E-state index in [0.717, 1.165) is 12.1 Å². The fourth-order valence-corrected chi connectivity index (χ4v) is 0.872. The molecule has 0 atom stereocenters. The molecule has 66 valence electrons. The molecule has 0 bridgehead atoms. The van der Waals surface area contributed by atoms with Gasteiger partial charge in [0.05, 0.1) is 6.61 Å². The van der Waals surface area contributed by atoms with Gasteiger partial charge in [-0.05, 0) is 24.1 Å². The first-order chi connectivity index (χ1) is 5.74. The number of benzene rings is 1. The van der Waals surface area contributed by atoms with Crippen LogP contribution in [-0.2, 0) is 11.3 Å². The topological polar surface area (TPSA) is 35.2 Å². The molecule has 0 amide bonds. The molecule has 4 heteroatoms. The van der Waals surface area contributed by atoms with E-state index in [9.17, 15) is 8.78 Å². The fraction of sp³-hybridized carbons (Fsp3) is 0.250. The first-order valence-corrected chi connectivity index (χ1v) is 3.49. The third-order valence-electron chi connectivity index (χ3n) is 1.49. The summed E-state index contributed by atoms with van der Waals surface area (Å²) >= 11 is 0. The summed E-state index contributed by atoms with van der Waals surface area (Å²) in [6.45, 7) is 0.297. The molecule has 0 aliphatic heterocycles. The molecule has 2 nitrogen and oxygen atoms in total. The van der Waals surface area contributed by atoms with E-state index in [1.54, 1.807) is 0 Å². The van der Waals surface area contributed by atoms with Gasteiger partial charge in [0.25, 0.3) is 0 Å². The number of hydrogen-bond donors (Lipinski definition) is 1. The van der Waals surface area contributed by atoms with Gasteiger partial charge in [-0.3, -0.25) is 0 Å². The van der Waals surface area contributed by atoms with Crippen molar-refractivity contribution in [2.24, 2.45) is 5.90 Å². The molecule has 0 aliphatic rings. The number of rotatable bonds is 3. The molecule has 1 aromatic carbocycles. The summed E-state index contributed by atoms with van der Waals surface area (Å²) in [4.78, 5) is 4.30. The second-order valence-electron chi connectivity index (χ2n) is 2.37. The zero-order valence-corrected chi connectivity index (χ0v) is 6.39. The normalized spacial score (nSPS) is 10.2. The molecule has 0 radical (unpaired) electrons. The van der Waals surface area contributed by atoms with E-state index < -0.39 is 11.6 Å². The predicted octanol–water partition coefficient (Wildman–Crippen LogP) is 1.40. The highest BCUT2D eigenvalue weighted by Gasteiger charge is 2.01. The Hall–Kier alpha value is -1.00. The Kier molecular flexibility index (Phi) is 3.13. The molecule has 0 fully saturated rings. The summed E-state index contributed by atoms with van der Waals surface area (Å²) in [6.07, 6.45) is 0.480. The first-order valence-electron chi connectivity index (χ1n) is 3.49.